The van der Waals surface area contributed by atoms with E-state index in [1.54, 1.807) is 0 Å². The summed E-state index contributed by atoms with van der Waals surface area (Å²) in [7, 11) is 0. The van der Waals surface area contributed by atoms with Gasteiger partial charge in [0.05, 0.1) is 0 Å². The fourth-order valence-corrected chi connectivity index (χ4v) is 4.45. The molecule has 3 nitrogen and oxygen atoms in total. The predicted octanol–water partition coefficient (Wildman–Crippen LogP) is 3.97. The molecule has 0 bridgehead atoms. The molecule has 0 amide bonds. The number of nitrogens with one attached hydrogen (secondary N) is 1. The summed E-state index contributed by atoms with van der Waals surface area (Å²) in [5.41, 5.74) is -0.654. The molecule has 116 valence electrons. The average Bonchev–Trinajstić information content (AvgIpc) is 2.39. The molecule has 2 aliphatic rings. The Labute approximate surface area is 123 Å². The van der Waals surface area contributed by atoms with Crippen LogP contribution in [0.5, 0.6) is 0 Å². The van der Waals surface area contributed by atoms with Gasteiger partial charge in [0.2, 0.25) is 0 Å². The Morgan fingerprint density at radius 3 is 2.20 bits per heavy atom. The molecule has 2 aliphatic carbocycles. The number of carbonyl (C=O) groups is 1. The number of carboxylic acid groups (broad SMARTS) is 1. The van der Waals surface area contributed by atoms with Gasteiger partial charge in [-0.2, -0.15) is 0 Å². The highest BCUT2D eigenvalue weighted by atomic mass is 16.4. The molecule has 2 rings (SSSR count). The van der Waals surface area contributed by atoms with Crippen molar-refractivity contribution in [2.45, 2.75) is 90.1 Å². The molecule has 0 aromatic rings. The molecule has 0 aromatic heterocycles. The number of rotatable bonds is 3. The number of aliphatic carboxylic acids is 1. The van der Waals surface area contributed by atoms with Gasteiger partial charge >= 0.3 is 5.97 Å². The van der Waals surface area contributed by atoms with Crippen molar-refractivity contribution >= 4 is 5.97 Å². The maximum Gasteiger partial charge on any atom is 0.324 e. The summed E-state index contributed by atoms with van der Waals surface area (Å²) in [6.45, 7) is 6.59. The van der Waals surface area contributed by atoms with Crippen molar-refractivity contribution < 1.29 is 9.90 Å². The lowest BCUT2D eigenvalue weighted by atomic mass is 9.61. The van der Waals surface area contributed by atoms with Crippen LogP contribution < -0.4 is 5.32 Å². The fraction of sp³-hybridized carbons (Fsp3) is 0.941. The highest BCUT2D eigenvalue weighted by Gasteiger charge is 2.52. The van der Waals surface area contributed by atoms with Gasteiger partial charge in [-0.15, -0.1) is 0 Å². The third-order valence-electron chi connectivity index (χ3n) is 5.40. The lowest BCUT2D eigenvalue weighted by molar-refractivity contribution is -0.153. The normalized spacial score (nSPS) is 33.0. The summed E-state index contributed by atoms with van der Waals surface area (Å²) in [5, 5.41) is 13.6. The first-order chi connectivity index (χ1) is 9.36. The summed E-state index contributed by atoms with van der Waals surface area (Å²) in [6.07, 6.45) is 10.1. The molecule has 0 aliphatic heterocycles. The summed E-state index contributed by atoms with van der Waals surface area (Å²) < 4.78 is 0. The molecule has 2 N–H and O–H groups in total. The van der Waals surface area contributed by atoms with E-state index >= 15 is 0 Å². The van der Waals surface area contributed by atoms with Crippen LogP contribution in [-0.2, 0) is 4.79 Å². The van der Waals surface area contributed by atoms with Crippen LogP contribution in [0.25, 0.3) is 0 Å². The lowest BCUT2D eigenvalue weighted by Gasteiger charge is -2.49. The molecule has 0 heterocycles. The highest BCUT2D eigenvalue weighted by molar-refractivity contribution is 5.79. The summed E-state index contributed by atoms with van der Waals surface area (Å²) in [6, 6.07) is 0.405. The van der Waals surface area contributed by atoms with Crippen molar-refractivity contribution in [2.24, 2.45) is 11.3 Å². The van der Waals surface area contributed by atoms with Crippen LogP contribution in [0.2, 0.25) is 0 Å². The molecule has 0 radical (unpaired) electrons. The Morgan fingerprint density at radius 1 is 1.05 bits per heavy atom. The first-order valence-corrected chi connectivity index (χ1v) is 8.37. The van der Waals surface area contributed by atoms with Gasteiger partial charge < -0.3 is 5.11 Å². The Hall–Kier alpha value is -0.570. The van der Waals surface area contributed by atoms with Gasteiger partial charge in [-0.1, -0.05) is 52.9 Å². The van der Waals surface area contributed by atoms with E-state index < -0.39 is 11.5 Å². The van der Waals surface area contributed by atoms with Crippen molar-refractivity contribution in [3.05, 3.63) is 0 Å². The first kappa shape index (κ1) is 15.8. The van der Waals surface area contributed by atoms with Crippen LogP contribution >= 0.6 is 0 Å². The molecule has 0 saturated heterocycles. The SMILES string of the molecule is CC(C)(C)C1CCCCC1(NC1CCCCC1)C(=O)O. The van der Waals surface area contributed by atoms with E-state index in [4.69, 9.17) is 0 Å². The van der Waals surface area contributed by atoms with Crippen LogP contribution in [0.15, 0.2) is 0 Å². The Morgan fingerprint density at radius 2 is 1.65 bits per heavy atom. The smallest absolute Gasteiger partial charge is 0.324 e. The Kier molecular flexibility index (Phi) is 4.78. The summed E-state index contributed by atoms with van der Waals surface area (Å²) >= 11 is 0. The molecule has 20 heavy (non-hydrogen) atoms. The van der Waals surface area contributed by atoms with Gasteiger partial charge in [-0.05, 0) is 37.0 Å². The van der Waals surface area contributed by atoms with Crippen molar-refractivity contribution in [1.82, 2.24) is 5.32 Å². The largest absolute Gasteiger partial charge is 0.480 e. The average molecular weight is 281 g/mol. The van der Waals surface area contributed by atoms with E-state index in [2.05, 4.69) is 26.1 Å². The van der Waals surface area contributed by atoms with Crippen molar-refractivity contribution in [3.8, 4) is 0 Å². The van der Waals surface area contributed by atoms with Crippen LogP contribution in [0.4, 0.5) is 0 Å². The lowest BCUT2D eigenvalue weighted by Crippen LogP contribution is -2.64. The highest BCUT2D eigenvalue weighted by Crippen LogP contribution is 2.45. The Balaban J connectivity index is 2.23. The molecular weight excluding hydrogens is 250 g/mol. The van der Waals surface area contributed by atoms with Gasteiger partial charge in [0.25, 0.3) is 0 Å². The van der Waals surface area contributed by atoms with Gasteiger partial charge in [-0.3, -0.25) is 10.1 Å². The number of hydrogen-bond acceptors (Lipinski definition) is 2. The van der Waals surface area contributed by atoms with E-state index in [-0.39, 0.29) is 11.3 Å². The maximum absolute atomic E-state index is 12.1. The number of carboxylic acids is 1. The molecule has 2 fully saturated rings. The van der Waals surface area contributed by atoms with E-state index in [9.17, 15) is 9.90 Å². The molecule has 0 aromatic carbocycles. The zero-order valence-electron chi connectivity index (χ0n) is 13.4. The van der Waals surface area contributed by atoms with E-state index in [1.165, 1.54) is 25.7 Å². The van der Waals surface area contributed by atoms with Gasteiger partial charge in [-0.25, -0.2) is 0 Å². The van der Waals surface area contributed by atoms with Gasteiger partial charge in [0.1, 0.15) is 5.54 Å². The summed E-state index contributed by atoms with van der Waals surface area (Å²) in [4.78, 5) is 12.1. The maximum atomic E-state index is 12.1. The first-order valence-electron chi connectivity index (χ1n) is 8.37. The topological polar surface area (TPSA) is 49.3 Å². The van der Waals surface area contributed by atoms with Crippen molar-refractivity contribution in [3.63, 3.8) is 0 Å². The quantitative estimate of drug-likeness (QED) is 0.823. The van der Waals surface area contributed by atoms with Gasteiger partial charge in [0.15, 0.2) is 0 Å². The monoisotopic (exact) mass is 281 g/mol. The Bertz CT molecular complexity index is 341. The van der Waals surface area contributed by atoms with Crippen molar-refractivity contribution in [1.29, 1.82) is 0 Å². The van der Waals surface area contributed by atoms with Crippen LogP contribution in [-0.4, -0.2) is 22.7 Å². The molecule has 0 spiro atoms. The van der Waals surface area contributed by atoms with Crippen molar-refractivity contribution in [2.75, 3.05) is 0 Å². The molecule has 2 atom stereocenters. The number of hydrogen-bond donors (Lipinski definition) is 2. The summed E-state index contributed by atoms with van der Waals surface area (Å²) in [5.74, 6) is -0.397. The third kappa shape index (κ3) is 3.19. The van der Waals surface area contributed by atoms with Crippen LogP contribution in [0.1, 0.15) is 78.6 Å². The fourth-order valence-electron chi connectivity index (χ4n) is 4.45. The zero-order valence-corrected chi connectivity index (χ0v) is 13.4. The van der Waals surface area contributed by atoms with Crippen LogP contribution in [0.3, 0.4) is 0 Å². The minimum atomic E-state index is -0.696. The molecular formula is C17H31NO2. The second kappa shape index (κ2) is 6.05. The van der Waals surface area contributed by atoms with E-state index in [0.717, 1.165) is 32.1 Å². The second-order valence-electron chi connectivity index (χ2n) is 7.92. The minimum absolute atomic E-state index is 0.0421. The minimum Gasteiger partial charge on any atom is -0.480 e. The second-order valence-corrected chi connectivity index (χ2v) is 7.92. The molecule has 3 heteroatoms. The van der Waals surface area contributed by atoms with E-state index in [1.807, 2.05) is 0 Å². The zero-order chi connectivity index (χ0) is 14.8. The predicted molar refractivity (Wildman–Crippen MR) is 81.8 cm³/mol. The molecule has 2 saturated carbocycles. The van der Waals surface area contributed by atoms with E-state index in [0.29, 0.717) is 6.04 Å². The van der Waals surface area contributed by atoms with Gasteiger partial charge in [0, 0.05) is 6.04 Å². The third-order valence-corrected chi connectivity index (χ3v) is 5.40. The standard InChI is InChI=1S/C17H31NO2/c1-16(2,3)14-11-7-8-12-17(14,15(19)20)18-13-9-5-4-6-10-13/h13-14,18H,4-12H2,1-3H3,(H,19,20). The van der Waals surface area contributed by atoms with Crippen LogP contribution in [0, 0.1) is 11.3 Å². The molecule has 2 unspecified atom stereocenters.